The third-order valence-electron chi connectivity index (χ3n) is 4.66. The van der Waals surface area contributed by atoms with Gasteiger partial charge in [0.05, 0.1) is 5.69 Å². The molecule has 7 heteroatoms. The highest BCUT2D eigenvalue weighted by molar-refractivity contribution is 8.01. The summed E-state index contributed by atoms with van der Waals surface area (Å²) in [6.45, 7) is 9.08. The van der Waals surface area contributed by atoms with Gasteiger partial charge in [-0.25, -0.2) is 9.78 Å². The standard InChI is InChI=1S/C21H29N3O2S2/c1-21(2,3)18-15-28-19(23-18)27-12-9-17-13-24(11-10-22-17)20(25)26-14-16-7-5-4-6-8-16/h4-8,15,17,22H,9-14H2,1-3H3/t17-/m1/s1. The van der Waals surface area contributed by atoms with Crippen LogP contribution in [0.15, 0.2) is 40.1 Å². The second-order valence-corrected chi connectivity index (χ2v) is 10.2. The number of hydrogen-bond acceptors (Lipinski definition) is 6. The monoisotopic (exact) mass is 419 g/mol. The normalized spacial score (nSPS) is 17.5. The van der Waals surface area contributed by atoms with Gasteiger partial charge in [0.1, 0.15) is 10.9 Å². The van der Waals surface area contributed by atoms with Crippen LogP contribution >= 0.6 is 23.1 Å². The number of nitrogens with one attached hydrogen (secondary N) is 1. The molecule has 1 N–H and O–H groups in total. The first-order valence-corrected chi connectivity index (χ1v) is 11.6. The molecule has 1 aromatic carbocycles. The zero-order chi connectivity index (χ0) is 20.0. The molecule has 1 aliphatic heterocycles. The van der Waals surface area contributed by atoms with Crippen LogP contribution in [0, 0.1) is 0 Å². The van der Waals surface area contributed by atoms with Crippen LogP contribution in [0.4, 0.5) is 4.79 Å². The van der Waals surface area contributed by atoms with Crippen LogP contribution in [0.25, 0.3) is 0 Å². The van der Waals surface area contributed by atoms with Crippen LogP contribution in [0.1, 0.15) is 38.4 Å². The number of nitrogens with zero attached hydrogens (tertiary/aromatic N) is 2. The van der Waals surface area contributed by atoms with Gasteiger partial charge < -0.3 is 15.0 Å². The van der Waals surface area contributed by atoms with Crippen LogP contribution in [0.2, 0.25) is 0 Å². The van der Waals surface area contributed by atoms with Gasteiger partial charge in [-0.15, -0.1) is 11.3 Å². The van der Waals surface area contributed by atoms with E-state index < -0.39 is 0 Å². The fourth-order valence-corrected chi connectivity index (χ4v) is 5.13. The van der Waals surface area contributed by atoms with Gasteiger partial charge in [0.15, 0.2) is 0 Å². The molecular weight excluding hydrogens is 390 g/mol. The molecule has 0 saturated carbocycles. The van der Waals surface area contributed by atoms with Crippen LogP contribution in [-0.4, -0.2) is 47.4 Å². The highest BCUT2D eigenvalue weighted by Gasteiger charge is 2.24. The summed E-state index contributed by atoms with van der Waals surface area (Å²) in [5.74, 6) is 0.988. The average Bonchev–Trinajstić information content (AvgIpc) is 3.17. The Balaban J connectivity index is 1.40. The molecule has 1 aliphatic rings. The second kappa shape index (κ2) is 9.76. The summed E-state index contributed by atoms with van der Waals surface area (Å²) in [4.78, 5) is 18.9. The lowest BCUT2D eigenvalue weighted by molar-refractivity contribution is 0.0847. The Kier molecular flexibility index (Phi) is 7.37. The van der Waals surface area contributed by atoms with Gasteiger partial charge in [0.2, 0.25) is 0 Å². The van der Waals surface area contributed by atoms with Gasteiger partial charge in [0.25, 0.3) is 0 Å². The number of aromatic nitrogens is 1. The third-order valence-corrected chi connectivity index (χ3v) is 6.72. The van der Waals surface area contributed by atoms with Crippen molar-refractivity contribution in [2.75, 3.05) is 25.4 Å². The fraction of sp³-hybridized carbons (Fsp3) is 0.524. The topological polar surface area (TPSA) is 54.5 Å². The summed E-state index contributed by atoms with van der Waals surface area (Å²) < 4.78 is 6.59. The molecule has 1 aromatic heterocycles. The largest absolute Gasteiger partial charge is 0.445 e. The number of carbonyl (C=O) groups is 1. The van der Waals surface area contributed by atoms with E-state index >= 15 is 0 Å². The minimum Gasteiger partial charge on any atom is -0.445 e. The number of hydrogen-bond donors (Lipinski definition) is 1. The van der Waals surface area contributed by atoms with E-state index in [0.29, 0.717) is 25.7 Å². The molecule has 1 atom stereocenters. The lowest BCUT2D eigenvalue weighted by Crippen LogP contribution is -2.52. The SMILES string of the molecule is CC(C)(C)c1csc(SCC[C@@H]2CN(C(=O)OCc3ccccc3)CCN2)n1. The van der Waals surface area contributed by atoms with Crippen molar-refractivity contribution in [3.05, 3.63) is 47.0 Å². The number of thioether (sulfide) groups is 1. The van der Waals surface area contributed by atoms with Crippen molar-refractivity contribution in [1.82, 2.24) is 15.2 Å². The maximum atomic E-state index is 12.4. The molecule has 28 heavy (non-hydrogen) atoms. The van der Waals surface area contributed by atoms with Crippen LogP contribution in [0.3, 0.4) is 0 Å². The summed E-state index contributed by atoms with van der Waals surface area (Å²) in [6.07, 6.45) is 0.773. The quantitative estimate of drug-likeness (QED) is 0.697. The Labute approximate surface area is 175 Å². The first-order valence-electron chi connectivity index (χ1n) is 9.69. The molecule has 0 radical (unpaired) electrons. The molecule has 1 amide bonds. The van der Waals surface area contributed by atoms with E-state index in [1.165, 1.54) is 0 Å². The van der Waals surface area contributed by atoms with Gasteiger partial charge in [-0.05, 0) is 12.0 Å². The molecule has 0 unspecified atom stereocenters. The smallest absolute Gasteiger partial charge is 0.410 e. The minimum atomic E-state index is -0.224. The van der Waals surface area contributed by atoms with E-state index in [4.69, 9.17) is 9.72 Å². The van der Waals surface area contributed by atoms with Crippen molar-refractivity contribution in [3.63, 3.8) is 0 Å². The summed E-state index contributed by atoms with van der Waals surface area (Å²) in [5, 5.41) is 5.67. The van der Waals surface area contributed by atoms with Gasteiger partial charge in [-0.3, -0.25) is 0 Å². The summed E-state index contributed by atoms with van der Waals surface area (Å²) in [7, 11) is 0. The maximum absolute atomic E-state index is 12.4. The number of ether oxygens (including phenoxy) is 1. The molecule has 152 valence electrons. The Morgan fingerprint density at radius 2 is 2.14 bits per heavy atom. The predicted octanol–water partition coefficient (Wildman–Crippen LogP) is 4.53. The molecule has 0 bridgehead atoms. The van der Waals surface area contributed by atoms with Gasteiger partial charge in [-0.1, -0.05) is 62.9 Å². The van der Waals surface area contributed by atoms with Gasteiger partial charge in [-0.2, -0.15) is 0 Å². The zero-order valence-electron chi connectivity index (χ0n) is 16.8. The molecule has 0 aliphatic carbocycles. The van der Waals surface area contributed by atoms with E-state index in [0.717, 1.165) is 34.3 Å². The number of amides is 1. The molecule has 1 fully saturated rings. The van der Waals surface area contributed by atoms with Crippen LogP contribution < -0.4 is 5.32 Å². The third kappa shape index (κ3) is 6.22. The van der Waals surface area contributed by atoms with Crippen molar-refractivity contribution >= 4 is 29.2 Å². The van der Waals surface area contributed by atoms with Crippen molar-refractivity contribution in [1.29, 1.82) is 0 Å². The number of benzene rings is 1. The van der Waals surface area contributed by atoms with Crippen LogP contribution in [0.5, 0.6) is 0 Å². The average molecular weight is 420 g/mol. The predicted molar refractivity (Wildman–Crippen MR) is 116 cm³/mol. The molecule has 0 spiro atoms. The Hall–Kier alpha value is -1.57. The minimum absolute atomic E-state index is 0.0981. The molecule has 2 heterocycles. The van der Waals surface area contributed by atoms with E-state index in [1.54, 1.807) is 23.1 Å². The lowest BCUT2D eigenvalue weighted by Gasteiger charge is -2.33. The lowest BCUT2D eigenvalue weighted by atomic mass is 9.93. The molecular formula is C21H29N3O2S2. The highest BCUT2D eigenvalue weighted by atomic mass is 32.2. The molecule has 3 rings (SSSR count). The molecule has 2 aromatic rings. The van der Waals surface area contributed by atoms with Crippen molar-refractivity contribution < 1.29 is 9.53 Å². The van der Waals surface area contributed by atoms with Gasteiger partial charge in [0, 0.05) is 42.2 Å². The van der Waals surface area contributed by atoms with E-state index in [9.17, 15) is 4.79 Å². The van der Waals surface area contributed by atoms with Crippen molar-refractivity contribution in [2.45, 2.75) is 49.6 Å². The second-order valence-electron chi connectivity index (χ2n) is 8.02. The summed E-state index contributed by atoms with van der Waals surface area (Å²) in [6, 6.07) is 10.1. The molecule has 5 nitrogen and oxygen atoms in total. The Morgan fingerprint density at radius 1 is 1.36 bits per heavy atom. The fourth-order valence-electron chi connectivity index (χ4n) is 2.95. The van der Waals surface area contributed by atoms with E-state index in [-0.39, 0.29) is 11.5 Å². The first kappa shape index (κ1) is 21.1. The van der Waals surface area contributed by atoms with Crippen molar-refractivity contribution in [2.24, 2.45) is 0 Å². The number of carbonyl (C=O) groups excluding carboxylic acids is 1. The number of rotatable bonds is 6. The van der Waals surface area contributed by atoms with Crippen LogP contribution in [-0.2, 0) is 16.8 Å². The Bertz CT molecular complexity index is 759. The molecule has 1 saturated heterocycles. The Morgan fingerprint density at radius 3 is 2.86 bits per heavy atom. The zero-order valence-corrected chi connectivity index (χ0v) is 18.4. The highest BCUT2D eigenvalue weighted by Crippen LogP contribution is 2.29. The first-order chi connectivity index (χ1) is 13.4. The number of thiazole rings is 1. The maximum Gasteiger partial charge on any atom is 0.410 e. The summed E-state index contributed by atoms with van der Waals surface area (Å²) >= 11 is 3.52. The van der Waals surface area contributed by atoms with Crippen molar-refractivity contribution in [3.8, 4) is 0 Å². The van der Waals surface area contributed by atoms with E-state index in [2.05, 4.69) is 31.5 Å². The number of piperazine rings is 1. The van der Waals surface area contributed by atoms with E-state index in [1.807, 2.05) is 35.2 Å². The summed E-state index contributed by atoms with van der Waals surface area (Å²) in [5.41, 5.74) is 2.26. The van der Waals surface area contributed by atoms with Gasteiger partial charge >= 0.3 is 6.09 Å².